The zero-order valence-electron chi connectivity index (χ0n) is 10.6. The number of hydrogen-bond acceptors (Lipinski definition) is 6. The predicted octanol–water partition coefficient (Wildman–Crippen LogP) is 1.54. The standard InChI is InChI=1S/C11H16N2O4S2/c1-17-10(14)6-8-7-18-11(12-8)13-19(15,16)9-4-2-3-5-9/h7,9H,2-6H2,1H3,(H,12,13). The van der Waals surface area contributed by atoms with Gasteiger partial charge >= 0.3 is 5.97 Å². The summed E-state index contributed by atoms with van der Waals surface area (Å²) in [6.07, 6.45) is 3.37. The average molecular weight is 304 g/mol. The van der Waals surface area contributed by atoms with Gasteiger partial charge in [0.2, 0.25) is 10.0 Å². The summed E-state index contributed by atoms with van der Waals surface area (Å²) in [5.74, 6) is -0.393. The first-order chi connectivity index (χ1) is 9.01. The second-order valence-electron chi connectivity index (χ2n) is 4.45. The number of rotatable bonds is 5. The summed E-state index contributed by atoms with van der Waals surface area (Å²) in [4.78, 5) is 15.2. The van der Waals surface area contributed by atoms with E-state index in [4.69, 9.17) is 0 Å². The van der Waals surface area contributed by atoms with Crippen molar-refractivity contribution in [3.63, 3.8) is 0 Å². The molecule has 1 N–H and O–H groups in total. The van der Waals surface area contributed by atoms with Gasteiger partial charge in [0.15, 0.2) is 5.13 Å². The summed E-state index contributed by atoms with van der Waals surface area (Å²) in [5.41, 5.74) is 0.515. The highest BCUT2D eigenvalue weighted by Crippen LogP contribution is 2.27. The van der Waals surface area contributed by atoms with Gasteiger partial charge in [0.25, 0.3) is 0 Å². The first-order valence-corrected chi connectivity index (χ1v) is 8.46. The van der Waals surface area contributed by atoms with Gasteiger partial charge in [-0.05, 0) is 12.8 Å². The molecule has 6 nitrogen and oxygen atoms in total. The van der Waals surface area contributed by atoms with Crippen LogP contribution in [0.15, 0.2) is 5.38 Å². The van der Waals surface area contributed by atoms with E-state index in [2.05, 4.69) is 14.4 Å². The first kappa shape index (κ1) is 14.3. The molecule has 0 atom stereocenters. The van der Waals surface area contributed by atoms with Crippen LogP contribution < -0.4 is 4.72 Å². The van der Waals surface area contributed by atoms with E-state index < -0.39 is 16.0 Å². The number of nitrogens with zero attached hydrogens (tertiary/aromatic N) is 1. The van der Waals surface area contributed by atoms with Gasteiger partial charge in [0.1, 0.15) is 0 Å². The number of methoxy groups -OCH3 is 1. The molecular formula is C11H16N2O4S2. The van der Waals surface area contributed by atoms with Crippen LogP contribution >= 0.6 is 11.3 Å². The molecule has 1 fully saturated rings. The zero-order valence-corrected chi connectivity index (χ0v) is 12.2. The van der Waals surface area contributed by atoms with Crippen molar-refractivity contribution in [2.75, 3.05) is 11.8 Å². The Bertz CT molecular complexity index is 547. The fourth-order valence-electron chi connectivity index (χ4n) is 2.06. The lowest BCUT2D eigenvalue weighted by Gasteiger charge is -2.10. The van der Waals surface area contributed by atoms with Crippen LogP contribution in [-0.2, 0) is 26.0 Å². The maximum atomic E-state index is 12.1. The predicted molar refractivity (Wildman–Crippen MR) is 72.6 cm³/mol. The van der Waals surface area contributed by atoms with Crippen molar-refractivity contribution in [2.45, 2.75) is 37.4 Å². The number of thiazole rings is 1. The minimum absolute atomic E-state index is 0.0537. The minimum atomic E-state index is -3.35. The van der Waals surface area contributed by atoms with Gasteiger partial charge in [-0.1, -0.05) is 12.8 Å². The van der Waals surface area contributed by atoms with Gasteiger partial charge in [-0.3, -0.25) is 9.52 Å². The van der Waals surface area contributed by atoms with E-state index in [-0.39, 0.29) is 11.7 Å². The number of esters is 1. The normalized spacial score (nSPS) is 16.5. The van der Waals surface area contributed by atoms with Crippen LogP contribution in [-0.4, -0.2) is 31.7 Å². The molecule has 0 aromatic carbocycles. The molecule has 19 heavy (non-hydrogen) atoms. The molecule has 0 bridgehead atoms. The quantitative estimate of drug-likeness (QED) is 0.834. The molecule has 8 heteroatoms. The van der Waals surface area contributed by atoms with Crippen LogP contribution in [0.25, 0.3) is 0 Å². The second-order valence-corrected chi connectivity index (χ2v) is 7.27. The van der Waals surface area contributed by atoms with Crippen LogP contribution in [0.3, 0.4) is 0 Å². The van der Waals surface area contributed by atoms with E-state index in [1.54, 1.807) is 5.38 Å². The third-order valence-corrected chi connectivity index (χ3v) is 5.84. The Balaban J connectivity index is 2.01. The lowest BCUT2D eigenvalue weighted by atomic mass is 10.3. The summed E-state index contributed by atoms with van der Waals surface area (Å²) in [5, 5.41) is 1.65. The van der Waals surface area contributed by atoms with Crippen LogP contribution in [0.4, 0.5) is 5.13 Å². The van der Waals surface area contributed by atoms with Gasteiger partial charge in [0.05, 0.1) is 24.5 Å². The van der Waals surface area contributed by atoms with Crippen LogP contribution in [0.1, 0.15) is 31.4 Å². The summed E-state index contributed by atoms with van der Waals surface area (Å²) in [7, 11) is -2.05. The molecule has 106 valence electrons. The molecule has 0 amide bonds. The maximum Gasteiger partial charge on any atom is 0.311 e. The van der Waals surface area contributed by atoms with E-state index >= 15 is 0 Å². The molecule has 0 aliphatic heterocycles. The summed E-state index contributed by atoms with van der Waals surface area (Å²) < 4.78 is 31.1. The summed E-state index contributed by atoms with van der Waals surface area (Å²) in [6, 6.07) is 0. The van der Waals surface area contributed by atoms with Crippen molar-refractivity contribution in [3.8, 4) is 0 Å². The number of nitrogens with one attached hydrogen (secondary N) is 1. The van der Waals surface area contributed by atoms with Crippen LogP contribution in [0, 0.1) is 0 Å². The van der Waals surface area contributed by atoms with Crippen LogP contribution in [0.5, 0.6) is 0 Å². The third-order valence-electron chi connectivity index (χ3n) is 3.08. The number of ether oxygens (including phenoxy) is 1. The van der Waals surface area contributed by atoms with Gasteiger partial charge in [0, 0.05) is 5.38 Å². The molecule has 1 aliphatic carbocycles. The molecule has 0 unspecified atom stereocenters. The van der Waals surface area contributed by atoms with E-state index in [1.807, 2.05) is 0 Å². The Kier molecular flexibility index (Phi) is 4.41. The molecule has 1 aromatic heterocycles. The Morgan fingerprint density at radius 2 is 2.21 bits per heavy atom. The number of sulfonamides is 1. The van der Waals surface area contributed by atoms with Gasteiger partial charge < -0.3 is 4.74 Å². The second kappa shape index (κ2) is 5.87. The monoisotopic (exact) mass is 304 g/mol. The van der Waals surface area contributed by atoms with Crippen molar-refractivity contribution >= 4 is 32.5 Å². The molecule has 1 saturated carbocycles. The fraction of sp³-hybridized carbons (Fsp3) is 0.636. The van der Waals surface area contributed by atoms with E-state index in [1.165, 1.54) is 18.4 Å². The Labute approximate surface area is 116 Å². The number of anilines is 1. The molecule has 0 spiro atoms. The lowest BCUT2D eigenvalue weighted by Crippen LogP contribution is -2.25. The van der Waals surface area contributed by atoms with Gasteiger partial charge in [-0.25, -0.2) is 13.4 Å². The Morgan fingerprint density at radius 1 is 1.53 bits per heavy atom. The zero-order chi connectivity index (χ0) is 13.9. The van der Waals surface area contributed by atoms with Gasteiger partial charge in [-0.2, -0.15) is 0 Å². The first-order valence-electron chi connectivity index (χ1n) is 6.04. The number of aromatic nitrogens is 1. The number of carbonyl (C=O) groups excluding carboxylic acids is 1. The SMILES string of the molecule is COC(=O)Cc1csc(NS(=O)(=O)C2CCCC2)n1. The highest BCUT2D eigenvalue weighted by atomic mass is 32.2. The Morgan fingerprint density at radius 3 is 2.84 bits per heavy atom. The molecule has 1 heterocycles. The summed E-state index contributed by atoms with van der Waals surface area (Å²) in [6.45, 7) is 0. The fourth-order valence-corrected chi connectivity index (χ4v) is 4.56. The van der Waals surface area contributed by atoms with Crippen molar-refractivity contribution in [2.24, 2.45) is 0 Å². The van der Waals surface area contributed by atoms with Crippen molar-refractivity contribution in [1.82, 2.24) is 4.98 Å². The Hall–Kier alpha value is -1.15. The molecule has 0 saturated heterocycles. The molecular weight excluding hydrogens is 288 g/mol. The van der Waals surface area contributed by atoms with E-state index in [0.717, 1.165) is 12.8 Å². The molecule has 2 rings (SSSR count). The number of carbonyl (C=O) groups is 1. The highest BCUT2D eigenvalue weighted by Gasteiger charge is 2.29. The smallest absolute Gasteiger partial charge is 0.311 e. The third kappa shape index (κ3) is 3.66. The maximum absolute atomic E-state index is 12.1. The van der Waals surface area contributed by atoms with Crippen molar-refractivity contribution < 1.29 is 17.9 Å². The molecule has 0 radical (unpaired) electrons. The highest BCUT2D eigenvalue weighted by molar-refractivity contribution is 7.93. The minimum Gasteiger partial charge on any atom is -0.469 e. The topological polar surface area (TPSA) is 85.4 Å². The lowest BCUT2D eigenvalue weighted by molar-refractivity contribution is -0.139. The number of hydrogen-bond donors (Lipinski definition) is 1. The van der Waals surface area contributed by atoms with E-state index in [0.29, 0.717) is 23.7 Å². The van der Waals surface area contributed by atoms with E-state index in [9.17, 15) is 13.2 Å². The largest absolute Gasteiger partial charge is 0.469 e. The van der Waals surface area contributed by atoms with Gasteiger partial charge in [-0.15, -0.1) is 11.3 Å². The van der Waals surface area contributed by atoms with Crippen molar-refractivity contribution in [1.29, 1.82) is 0 Å². The molecule has 1 aliphatic rings. The summed E-state index contributed by atoms with van der Waals surface area (Å²) >= 11 is 1.18. The van der Waals surface area contributed by atoms with Crippen LogP contribution in [0.2, 0.25) is 0 Å². The average Bonchev–Trinajstić information content (AvgIpc) is 3.00. The van der Waals surface area contributed by atoms with Crippen molar-refractivity contribution in [3.05, 3.63) is 11.1 Å². The molecule has 1 aromatic rings.